The number of carbonyl (C=O) groups is 2. The molecular formula is C10H16BNO2. The average molecular weight is 193 g/mol. The van der Waals surface area contributed by atoms with Crippen LogP contribution in [-0.4, -0.2) is 26.6 Å². The topological polar surface area (TPSA) is 46.2 Å². The fourth-order valence-corrected chi connectivity index (χ4v) is 2.05. The molecule has 0 unspecified atom stereocenters. The van der Waals surface area contributed by atoms with E-state index in [0.29, 0.717) is 0 Å². The summed E-state index contributed by atoms with van der Waals surface area (Å²) in [7, 11) is 6.95. The van der Waals surface area contributed by atoms with Gasteiger partial charge in [0.2, 0.25) is 5.91 Å². The van der Waals surface area contributed by atoms with Crippen LogP contribution in [0, 0.1) is 11.8 Å². The molecular weight excluding hydrogens is 177 g/mol. The summed E-state index contributed by atoms with van der Waals surface area (Å²) in [6, 6.07) is 0. The molecule has 0 aliphatic heterocycles. The number of carbonyl (C=O) groups excluding carboxylic acids is 2. The SMILES string of the molecule is [B]CC(=O)C1CCC(C(=O)NC)CC1. The summed E-state index contributed by atoms with van der Waals surface area (Å²) < 4.78 is 0. The Bertz CT molecular complexity index is 198. The lowest BCUT2D eigenvalue weighted by Crippen LogP contribution is -2.32. The van der Waals surface area contributed by atoms with Gasteiger partial charge in [-0.15, -0.1) is 0 Å². The summed E-state index contributed by atoms with van der Waals surface area (Å²) in [5.41, 5.74) is 0. The van der Waals surface area contributed by atoms with Gasteiger partial charge in [0.25, 0.3) is 0 Å². The van der Waals surface area contributed by atoms with Crippen LogP contribution in [0.5, 0.6) is 0 Å². The molecule has 0 spiro atoms. The van der Waals surface area contributed by atoms with E-state index in [2.05, 4.69) is 5.32 Å². The van der Waals surface area contributed by atoms with Crippen molar-refractivity contribution in [2.45, 2.75) is 32.0 Å². The molecule has 76 valence electrons. The molecule has 1 aliphatic rings. The minimum absolute atomic E-state index is 0.0981. The molecule has 1 N–H and O–H groups in total. The molecule has 4 heteroatoms. The van der Waals surface area contributed by atoms with E-state index in [0.717, 1.165) is 25.7 Å². The highest BCUT2D eigenvalue weighted by Gasteiger charge is 2.28. The average Bonchev–Trinajstić information content (AvgIpc) is 2.27. The van der Waals surface area contributed by atoms with E-state index in [-0.39, 0.29) is 29.8 Å². The van der Waals surface area contributed by atoms with Crippen molar-refractivity contribution < 1.29 is 9.59 Å². The van der Waals surface area contributed by atoms with Crippen molar-refractivity contribution in [3.05, 3.63) is 0 Å². The van der Waals surface area contributed by atoms with Gasteiger partial charge >= 0.3 is 0 Å². The van der Waals surface area contributed by atoms with E-state index in [9.17, 15) is 9.59 Å². The third-order valence-corrected chi connectivity index (χ3v) is 3.00. The fourth-order valence-electron chi connectivity index (χ4n) is 2.05. The van der Waals surface area contributed by atoms with Crippen molar-refractivity contribution in [3.63, 3.8) is 0 Å². The number of ketones is 1. The largest absolute Gasteiger partial charge is 0.359 e. The van der Waals surface area contributed by atoms with E-state index < -0.39 is 0 Å². The first-order valence-electron chi connectivity index (χ1n) is 5.13. The first-order valence-corrected chi connectivity index (χ1v) is 5.13. The van der Waals surface area contributed by atoms with E-state index in [1.165, 1.54) is 0 Å². The van der Waals surface area contributed by atoms with Crippen molar-refractivity contribution >= 4 is 19.5 Å². The van der Waals surface area contributed by atoms with Crippen LogP contribution in [0.4, 0.5) is 0 Å². The van der Waals surface area contributed by atoms with Crippen LogP contribution in [-0.2, 0) is 9.59 Å². The zero-order chi connectivity index (χ0) is 10.6. The molecule has 3 nitrogen and oxygen atoms in total. The highest BCUT2D eigenvalue weighted by atomic mass is 16.1. The lowest BCUT2D eigenvalue weighted by molar-refractivity contribution is -0.128. The van der Waals surface area contributed by atoms with Gasteiger partial charge in [0.15, 0.2) is 0 Å². The molecule has 0 atom stereocenters. The van der Waals surface area contributed by atoms with Crippen LogP contribution >= 0.6 is 0 Å². The summed E-state index contributed by atoms with van der Waals surface area (Å²) in [6.45, 7) is 0. The molecule has 1 rings (SSSR count). The molecule has 14 heavy (non-hydrogen) atoms. The van der Waals surface area contributed by atoms with Crippen LogP contribution in [0.1, 0.15) is 25.7 Å². The van der Waals surface area contributed by atoms with Crippen LogP contribution in [0.2, 0.25) is 6.32 Å². The highest BCUT2D eigenvalue weighted by Crippen LogP contribution is 2.29. The first kappa shape index (κ1) is 11.3. The second kappa shape index (κ2) is 5.18. The van der Waals surface area contributed by atoms with Crippen molar-refractivity contribution in [1.82, 2.24) is 5.32 Å². The second-order valence-electron chi connectivity index (χ2n) is 3.83. The van der Waals surface area contributed by atoms with Gasteiger partial charge < -0.3 is 10.1 Å². The lowest BCUT2D eigenvalue weighted by Gasteiger charge is -2.26. The van der Waals surface area contributed by atoms with Crippen molar-refractivity contribution in [1.29, 1.82) is 0 Å². The molecule has 0 aromatic rings. The van der Waals surface area contributed by atoms with E-state index in [4.69, 9.17) is 7.85 Å². The summed E-state index contributed by atoms with van der Waals surface area (Å²) in [4.78, 5) is 22.6. The maximum atomic E-state index is 11.3. The van der Waals surface area contributed by atoms with Gasteiger partial charge in [0.05, 0.1) is 7.85 Å². The molecule has 0 heterocycles. The lowest BCUT2D eigenvalue weighted by atomic mass is 9.77. The van der Waals surface area contributed by atoms with Crippen LogP contribution < -0.4 is 5.32 Å². The fraction of sp³-hybridized carbons (Fsp3) is 0.800. The molecule has 0 aromatic carbocycles. The molecule has 0 saturated heterocycles. The summed E-state index contributed by atoms with van der Waals surface area (Å²) in [6.07, 6.45) is 3.39. The van der Waals surface area contributed by atoms with Gasteiger partial charge in [0.1, 0.15) is 5.78 Å². The minimum Gasteiger partial charge on any atom is -0.359 e. The molecule has 2 radical (unpaired) electrons. The van der Waals surface area contributed by atoms with Gasteiger partial charge in [-0.1, -0.05) is 0 Å². The zero-order valence-electron chi connectivity index (χ0n) is 8.58. The smallest absolute Gasteiger partial charge is 0.222 e. The number of nitrogens with one attached hydrogen (secondary N) is 1. The standard InChI is InChI=1S/C10H16BNO2/c1-12-10(14)8-4-2-7(3-5-8)9(13)6-11/h7-8H,2-6H2,1H3,(H,12,14). The van der Waals surface area contributed by atoms with E-state index in [1.54, 1.807) is 7.05 Å². The second-order valence-corrected chi connectivity index (χ2v) is 3.83. The Hall–Kier alpha value is -0.795. The van der Waals surface area contributed by atoms with E-state index >= 15 is 0 Å². The summed E-state index contributed by atoms with van der Waals surface area (Å²) in [5.74, 6) is 0.437. The molecule has 1 fully saturated rings. The number of hydrogen-bond donors (Lipinski definition) is 1. The molecule has 1 aliphatic carbocycles. The number of Topliss-reactive ketones (excluding diaryl/α,β-unsaturated/α-hetero) is 1. The van der Waals surface area contributed by atoms with Gasteiger partial charge in [-0.25, -0.2) is 0 Å². The van der Waals surface area contributed by atoms with Crippen LogP contribution in [0.25, 0.3) is 0 Å². The minimum atomic E-state index is 0.0981. The Morgan fingerprint density at radius 3 is 2.14 bits per heavy atom. The molecule has 1 amide bonds. The van der Waals surface area contributed by atoms with E-state index in [1.807, 2.05) is 0 Å². The Labute approximate surface area is 86.0 Å². The van der Waals surface area contributed by atoms with Crippen LogP contribution in [0.3, 0.4) is 0 Å². The molecule has 0 aromatic heterocycles. The van der Waals surface area contributed by atoms with Crippen molar-refractivity contribution in [2.75, 3.05) is 7.05 Å². The molecule has 0 bridgehead atoms. The monoisotopic (exact) mass is 193 g/mol. The predicted octanol–water partition coefficient (Wildman–Crippen LogP) is 0.695. The first-order chi connectivity index (χ1) is 6.69. The Kier molecular flexibility index (Phi) is 4.17. The van der Waals surface area contributed by atoms with Crippen molar-refractivity contribution in [2.24, 2.45) is 11.8 Å². The Balaban J connectivity index is 2.38. The Morgan fingerprint density at radius 2 is 1.71 bits per heavy atom. The van der Waals surface area contributed by atoms with Gasteiger partial charge in [-0.2, -0.15) is 0 Å². The predicted molar refractivity (Wildman–Crippen MR) is 55.1 cm³/mol. The summed E-state index contributed by atoms with van der Waals surface area (Å²) >= 11 is 0. The van der Waals surface area contributed by atoms with Gasteiger partial charge in [0, 0.05) is 18.9 Å². The maximum absolute atomic E-state index is 11.3. The zero-order valence-corrected chi connectivity index (χ0v) is 8.58. The summed E-state index contributed by atoms with van der Waals surface area (Å²) in [5, 5.41) is 2.64. The highest BCUT2D eigenvalue weighted by molar-refractivity contribution is 6.20. The number of rotatable bonds is 3. The van der Waals surface area contributed by atoms with Crippen molar-refractivity contribution in [3.8, 4) is 0 Å². The Morgan fingerprint density at radius 1 is 1.21 bits per heavy atom. The third-order valence-electron chi connectivity index (χ3n) is 3.00. The third kappa shape index (κ3) is 2.60. The molecule has 1 saturated carbocycles. The van der Waals surface area contributed by atoms with Gasteiger partial charge in [-0.3, -0.25) is 4.79 Å². The quantitative estimate of drug-likeness (QED) is 0.670. The number of amides is 1. The van der Waals surface area contributed by atoms with Crippen LogP contribution in [0.15, 0.2) is 0 Å². The number of hydrogen-bond acceptors (Lipinski definition) is 2. The maximum Gasteiger partial charge on any atom is 0.222 e. The van der Waals surface area contributed by atoms with Gasteiger partial charge in [-0.05, 0) is 32.0 Å². The normalized spacial score (nSPS) is 26.9.